The summed E-state index contributed by atoms with van der Waals surface area (Å²) < 4.78 is 0. The van der Waals surface area contributed by atoms with E-state index >= 15 is 0 Å². The molecule has 1 aromatic heterocycles. The summed E-state index contributed by atoms with van der Waals surface area (Å²) in [5.74, 6) is 0. The van der Waals surface area contributed by atoms with Gasteiger partial charge in [-0.2, -0.15) is 0 Å². The van der Waals surface area contributed by atoms with Gasteiger partial charge in [-0.1, -0.05) is 0 Å². The van der Waals surface area contributed by atoms with Crippen LogP contribution in [0.15, 0.2) is 12.5 Å². The Balaban J connectivity index is 2.04. The summed E-state index contributed by atoms with van der Waals surface area (Å²) >= 11 is 0. The highest BCUT2D eigenvalue weighted by Gasteiger charge is 2.18. The summed E-state index contributed by atoms with van der Waals surface area (Å²) in [6.45, 7) is 3.24. The molecule has 2 rings (SSSR count). The van der Waals surface area contributed by atoms with Crippen molar-refractivity contribution in [2.24, 2.45) is 0 Å². The van der Waals surface area contributed by atoms with E-state index in [1.807, 2.05) is 6.20 Å². The first-order chi connectivity index (χ1) is 5.86. The van der Waals surface area contributed by atoms with E-state index in [4.69, 9.17) is 0 Å². The SMILES string of the molecule is CN1CCNC(c2cnc[nH]2)C1. The highest BCUT2D eigenvalue weighted by atomic mass is 15.2. The minimum absolute atomic E-state index is 0.422. The molecule has 1 aromatic rings. The maximum atomic E-state index is 4.01. The molecule has 0 aromatic carbocycles. The van der Waals surface area contributed by atoms with Crippen LogP contribution in [0.1, 0.15) is 11.7 Å². The minimum Gasteiger partial charge on any atom is -0.347 e. The largest absolute Gasteiger partial charge is 0.347 e. The maximum absolute atomic E-state index is 4.01. The quantitative estimate of drug-likeness (QED) is 0.616. The van der Waals surface area contributed by atoms with E-state index < -0.39 is 0 Å². The van der Waals surface area contributed by atoms with Crippen LogP contribution < -0.4 is 5.32 Å². The van der Waals surface area contributed by atoms with Gasteiger partial charge in [0, 0.05) is 25.8 Å². The van der Waals surface area contributed by atoms with Crippen molar-refractivity contribution in [1.82, 2.24) is 20.2 Å². The fourth-order valence-corrected chi connectivity index (χ4v) is 1.56. The lowest BCUT2D eigenvalue weighted by Gasteiger charge is -2.29. The zero-order valence-electron chi connectivity index (χ0n) is 7.25. The molecule has 0 bridgehead atoms. The van der Waals surface area contributed by atoms with Crippen LogP contribution in [0.2, 0.25) is 0 Å². The highest BCUT2D eigenvalue weighted by molar-refractivity contribution is 5.04. The molecule has 1 unspecified atom stereocenters. The summed E-state index contributed by atoms with van der Waals surface area (Å²) in [6, 6.07) is 0.422. The van der Waals surface area contributed by atoms with Crippen molar-refractivity contribution in [2.75, 3.05) is 26.7 Å². The number of hydrogen-bond donors (Lipinski definition) is 2. The third kappa shape index (κ3) is 1.49. The molecule has 0 aliphatic carbocycles. The van der Waals surface area contributed by atoms with Crippen LogP contribution in [0.4, 0.5) is 0 Å². The van der Waals surface area contributed by atoms with Crippen LogP contribution in [-0.2, 0) is 0 Å². The molecule has 4 nitrogen and oxygen atoms in total. The van der Waals surface area contributed by atoms with Gasteiger partial charge < -0.3 is 15.2 Å². The number of imidazole rings is 1. The Labute approximate surface area is 72.0 Å². The molecule has 1 atom stereocenters. The fraction of sp³-hybridized carbons (Fsp3) is 0.625. The molecular formula is C8H14N4. The van der Waals surface area contributed by atoms with Gasteiger partial charge >= 0.3 is 0 Å². The van der Waals surface area contributed by atoms with Gasteiger partial charge in [0.15, 0.2) is 0 Å². The first kappa shape index (κ1) is 7.76. The molecule has 0 radical (unpaired) electrons. The minimum atomic E-state index is 0.422. The van der Waals surface area contributed by atoms with Crippen molar-refractivity contribution in [3.8, 4) is 0 Å². The Morgan fingerprint density at radius 1 is 1.67 bits per heavy atom. The number of hydrogen-bond acceptors (Lipinski definition) is 3. The van der Waals surface area contributed by atoms with E-state index in [-0.39, 0.29) is 0 Å². The zero-order valence-corrected chi connectivity index (χ0v) is 7.25. The molecule has 0 spiro atoms. The molecule has 1 fully saturated rings. The predicted octanol–water partition coefficient (Wildman–Crippen LogP) is -0.0142. The lowest BCUT2D eigenvalue weighted by Crippen LogP contribution is -2.43. The van der Waals surface area contributed by atoms with Gasteiger partial charge in [0.05, 0.1) is 18.1 Å². The second-order valence-electron chi connectivity index (χ2n) is 3.28. The van der Waals surface area contributed by atoms with E-state index in [1.165, 1.54) is 5.69 Å². The van der Waals surface area contributed by atoms with Crippen molar-refractivity contribution in [3.05, 3.63) is 18.2 Å². The molecule has 4 heteroatoms. The fourth-order valence-electron chi connectivity index (χ4n) is 1.56. The van der Waals surface area contributed by atoms with Crippen molar-refractivity contribution in [2.45, 2.75) is 6.04 Å². The van der Waals surface area contributed by atoms with Crippen LogP contribution in [-0.4, -0.2) is 41.5 Å². The molecule has 0 saturated carbocycles. The zero-order chi connectivity index (χ0) is 8.39. The van der Waals surface area contributed by atoms with Crippen molar-refractivity contribution in [1.29, 1.82) is 0 Å². The standard InChI is InChI=1S/C8H14N4/c1-12-3-2-10-8(5-12)7-4-9-6-11-7/h4,6,8,10H,2-3,5H2,1H3,(H,9,11). The molecule has 12 heavy (non-hydrogen) atoms. The first-order valence-corrected chi connectivity index (χ1v) is 4.26. The Kier molecular flexibility index (Phi) is 2.10. The van der Waals surface area contributed by atoms with Crippen molar-refractivity contribution >= 4 is 0 Å². The van der Waals surface area contributed by atoms with E-state index in [0.29, 0.717) is 6.04 Å². The van der Waals surface area contributed by atoms with Crippen molar-refractivity contribution < 1.29 is 0 Å². The first-order valence-electron chi connectivity index (χ1n) is 4.26. The topological polar surface area (TPSA) is 44.0 Å². The molecule has 0 amide bonds. The maximum Gasteiger partial charge on any atom is 0.0922 e. The summed E-state index contributed by atoms with van der Waals surface area (Å²) in [5.41, 5.74) is 1.18. The van der Waals surface area contributed by atoms with E-state index in [9.17, 15) is 0 Å². The van der Waals surface area contributed by atoms with E-state index in [1.54, 1.807) is 6.33 Å². The smallest absolute Gasteiger partial charge is 0.0922 e. The van der Waals surface area contributed by atoms with Crippen LogP contribution in [0.3, 0.4) is 0 Å². The summed E-state index contributed by atoms with van der Waals surface area (Å²) in [6.07, 6.45) is 3.61. The molecule has 2 heterocycles. The number of nitrogens with one attached hydrogen (secondary N) is 2. The number of likely N-dealkylation sites (N-methyl/N-ethyl adjacent to an activating group) is 1. The second-order valence-corrected chi connectivity index (χ2v) is 3.28. The van der Waals surface area contributed by atoms with Crippen LogP contribution in [0.25, 0.3) is 0 Å². The number of H-pyrrole nitrogens is 1. The van der Waals surface area contributed by atoms with Gasteiger partial charge in [0.2, 0.25) is 0 Å². The summed E-state index contributed by atoms with van der Waals surface area (Å²) in [5, 5.41) is 3.44. The Morgan fingerprint density at radius 2 is 2.58 bits per heavy atom. The Hall–Kier alpha value is -0.870. The monoisotopic (exact) mass is 166 g/mol. The average molecular weight is 166 g/mol. The van der Waals surface area contributed by atoms with Crippen LogP contribution >= 0.6 is 0 Å². The molecule has 1 aliphatic heterocycles. The normalized spacial score (nSPS) is 25.9. The number of rotatable bonds is 1. The van der Waals surface area contributed by atoms with Gasteiger partial charge in [-0.3, -0.25) is 0 Å². The van der Waals surface area contributed by atoms with Crippen molar-refractivity contribution in [3.63, 3.8) is 0 Å². The number of aromatic nitrogens is 2. The van der Waals surface area contributed by atoms with Gasteiger partial charge in [-0.25, -0.2) is 4.98 Å². The average Bonchev–Trinajstić information content (AvgIpc) is 2.56. The van der Waals surface area contributed by atoms with Crippen LogP contribution in [0, 0.1) is 0 Å². The Morgan fingerprint density at radius 3 is 3.25 bits per heavy atom. The van der Waals surface area contributed by atoms with Gasteiger partial charge in [0.25, 0.3) is 0 Å². The van der Waals surface area contributed by atoms with E-state index in [0.717, 1.165) is 19.6 Å². The lowest BCUT2D eigenvalue weighted by molar-refractivity contribution is 0.238. The predicted molar refractivity (Wildman–Crippen MR) is 46.8 cm³/mol. The lowest BCUT2D eigenvalue weighted by atomic mass is 10.2. The molecular weight excluding hydrogens is 152 g/mol. The second kappa shape index (κ2) is 3.25. The summed E-state index contributed by atoms with van der Waals surface area (Å²) in [4.78, 5) is 9.46. The van der Waals surface area contributed by atoms with Gasteiger partial charge in [-0.15, -0.1) is 0 Å². The molecule has 1 saturated heterocycles. The van der Waals surface area contributed by atoms with Gasteiger partial charge in [-0.05, 0) is 7.05 Å². The number of nitrogens with zero attached hydrogens (tertiary/aromatic N) is 2. The van der Waals surface area contributed by atoms with Crippen LogP contribution in [0.5, 0.6) is 0 Å². The molecule has 2 N–H and O–H groups in total. The molecule has 66 valence electrons. The summed E-state index contributed by atoms with van der Waals surface area (Å²) in [7, 11) is 2.14. The Bertz CT molecular complexity index is 231. The number of aromatic amines is 1. The number of piperazine rings is 1. The van der Waals surface area contributed by atoms with E-state index in [2.05, 4.69) is 27.2 Å². The highest BCUT2D eigenvalue weighted by Crippen LogP contribution is 2.12. The molecule has 1 aliphatic rings. The third-order valence-corrected chi connectivity index (χ3v) is 2.27. The van der Waals surface area contributed by atoms with Gasteiger partial charge in [0.1, 0.15) is 0 Å². The third-order valence-electron chi connectivity index (χ3n) is 2.27.